The third-order valence-electron chi connectivity index (χ3n) is 7.54. The molecular formula is C37H26S. The molecule has 0 saturated heterocycles. The van der Waals surface area contributed by atoms with Gasteiger partial charge in [0.05, 0.1) is 0 Å². The van der Waals surface area contributed by atoms with Gasteiger partial charge in [0, 0.05) is 4.90 Å². The summed E-state index contributed by atoms with van der Waals surface area (Å²) in [4.78, 5) is 1.29. The summed E-state index contributed by atoms with van der Waals surface area (Å²) in [5.41, 5.74) is 7.63. The van der Waals surface area contributed by atoms with Crippen LogP contribution < -0.4 is 0 Å². The van der Waals surface area contributed by atoms with Crippen molar-refractivity contribution in [2.24, 2.45) is 0 Å². The predicted molar refractivity (Wildman–Crippen MR) is 167 cm³/mol. The summed E-state index contributed by atoms with van der Waals surface area (Å²) < 4.78 is 0. The molecule has 38 heavy (non-hydrogen) atoms. The minimum absolute atomic E-state index is 1.25. The largest absolute Gasteiger partial charge is 0.129 e. The summed E-state index contributed by atoms with van der Waals surface area (Å²) >= 11 is 1.80. The highest BCUT2D eigenvalue weighted by Crippen LogP contribution is 2.45. The van der Waals surface area contributed by atoms with Crippen molar-refractivity contribution < 1.29 is 0 Å². The minimum Gasteiger partial charge on any atom is -0.129 e. The number of benzene rings is 7. The summed E-state index contributed by atoms with van der Waals surface area (Å²) in [7, 11) is 0. The zero-order valence-electron chi connectivity index (χ0n) is 21.2. The molecule has 7 rings (SSSR count). The molecule has 0 fully saturated rings. The van der Waals surface area contributed by atoms with Gasteiger partial charge in [-0.3, -0.25) is 0 Å². The molecule has 0 N–H and O–H groups in total. The molecule has 0 unspecified atom stereocenters. The van der Waals surface area contributed by atoms with Gasteiger partial charge in [0.1, 0.15) is 0 Å². The molecule has 0 amide bonds. The molecule has 1 heteroatoms. The molecule has 7 aromatic rings. The molecular weight excluding hydrogens is 476 g/mol. The number of hydrogen-bond donors (Lipinski definition) is 0. The van der Waals surface area contributed by atoms with Crippen LogP contribution in [0.2, 0.25) is 0 Å². The standard InChI is InChI=1S/C37H26S/c1-38-35-22-21-29(24-34(35)26-12-3-2-4-13-26)37-32-17-9-7-15-30(32)36(31-16-8-10-18-33(31)37)28-20-19-25-11-5-6-14-27(25)23-28/h2-24H,1H3. The van der Waals surface area contributed by atoms with E-state index in [9.17, 15) is 0 Å². The Hall–Kier alpha value is -4.33. The van der Waals surface area contributed by atoms with Crippen molar-refractivity contribution in [3.8, 4) is 33.4 Å². The minimum atomic E-state index is 1.25. The van der Waals surface area contributed by atoms with Crippen LogP contribution in [-0.4, -0.2) is 6.26 Å². The van der Waals surface area contributed by atoms with Crippen LogP contribution in [0.1, 0.15) is 0 Å². The summed E-state index contributed by atoms with van der Waals surface area (Å²) in [5, 5.41) is 7.67. The maximum absolute atomic E-state index is 2.38. The van der Waals surface area contributed by atoms with Gasteiger partial charge in [-0.25, -0.2) is 0 Å². The number of fused-ring (bicyclic) bond motifs is 3. The molecule has 0 aliphatic rings. The Bertz CT molecular complexity index is 1890. The Morgan fingerprint density at radius 3 is 1.50 bits per heavy atom. The first-order valence-electron chi connectivity index (χ1n) is 13.0. The third kappa shape index (κ3) is 3.79. The second kappa shape index (κ2) is 9.52. The van der Waals surface area contributed by atoms with Crippen LogP contribution in [0.15, 0.2) is 144 Å². The summed E-state index contributed by atoms with van der Waals surface area (Å²) in [6.07, 6.45) is 2.16. The number of rotatable bonds is 4. The summed E-state index contributed by atoms with van der Waals surface area (Å²) in [5.74, 6) is 0. The Balaban J connectivity index is 1.56. The maximum atomic E-state index is 2.38. The van der Waals surface area contributed by atoms with Crippen molar-refractivity contribution in [3.63, 3.8) is 0 Å². The lowest BCUT2D eigenvalue weighted by atomic mass is 9.85. The van der Waals surface area contributed by atoms with Crippen molar-refractivity contribution in [2.75, 3.05) is 6.26 Å². The van der Waals surface area contributed by atoms with E-state index in [2.05, 4.69) is 146 Å². The second-order valence-electron chi connectivity index (χ2n) is 9.68. The lowest BCUT2D eigenvalue weighted by Crippen LogP contribution is -1.92. The molecule has 0 radical (unpaired) electrons. The summed E-state index contributed by atoms with van der Waals surface area (Å²) in [6, 6.07) is 50.9. The highest BCUT2D eigenvalue weighted by Gasteiger charge is 2.17. The molecule has 0 nitrogen and oxygen atoms in total. The van der Waals surface area contributed by atoms with Gasteiger partial charge in [-0.05, 0) is 90.2 Å². The van der Waals surface area contributed by atoms with Crippen LogP contribution in [0, 0.1) is 0 Å². The van der Waals surface area contributed by atoms with Gasteiger partial charge in [0.15, 0.2) is 0 Å². The molecule has 0 aliphatic carbocycles. The van der Waals surface area contributed by atoms with Crippen LogP contribution in [0.4, 0.5) is 0 Å². The smallest absolute Gasteiger partial charge is 0.0148 e. The molecule has 0 heterocycles. The first-order valence-corrected chi connectivity index (χ1v) is 14.2. The first kappa shape index (κ1) is 22.8. The van der Waals surface area contributed by atoms with E-state index in [-0.39, 0.29) is 0 Å². The van der Waals surface area contributed by atoms with E-state index in [1.54, 1.807) is 11.8 Å². The van der Waals surface area contributed by atoms with Crippen molar-refractivity contribution >= 4 is 44.1 Å². The van der Waals surface area contributed by atoms with E-state index in [1.165, 1.54) is 70.6 Å². The predicted octanol–water partition coefficient (Wildman–Crippen LogP) is 10.9. The van der Waals surface area contributed by atoms with Crippen LogP contribution in [-0.2, 0) is 0 Å². The SMILES string of the molecule is CSc1ccc(-c2c3ccccc3c(-c3ccc4ccccc4c3)c3ccccc23)cc1-c1ccccc1. The van der Waals surface area contributed by atoms with Gasteiger partial charge in [-0.2, -0.15) is 0 Å². The van der Waals surface area contributed by atoms with E-state index in [0.29, 0.717) is 0 Å². The third-order valence-corrected chi connectivity index (χ3v) is 8.34. The Morgan fingerprint density at radius 2 is 0.895 bits per heavy atom. The van der Waals surface area contributed by atoms with Crippen LogP contribution in [0.25, 0.3) is 65.7 Å². The molecule has 0 bridgehead atoms. The Morgan fingerprint density at radius 1 is 0.395 bits per heavy atom. The fraction of sp³-hybridized carbons (Fsp3) is 0.0270. The van der Waals surface area contributed by atoms with Crippen molar-refractivity contribution in [1.82, 2.24) is 0 Å². The fourth-order valence-electron chi connectivity index (χ4n) is 5.80. The zero-order chi connectivity index (χ0) is 25.5. The van der Waals surface area contributed by atoms with E-state index < -0.39 is 0 Å². The fourth-order valence-corrected chi connectivity index (χ4v) is 6.40. The van der Waals surface area contributed by atoms with Gasteiger partial charge >= 0.3 is 0 Å². The molecule has 0 saturated carbocycles. The van der Waals surface area contributed by atoms with Crippen molar-refractivity contribution in [1.29, 1.82) is 0 Å². The molecule has 180 valence electrons. The second-order valence-corrected chi connectivity index (χ2v) is 10.5. The lowest BCUT2D eigenvalue weighted by Gasteiger charge is -2.19. The number of thioether (sulfide) groups is 1. The van der Waals surface area contributed by atoms with Gasteiger partial charge in [0.2, 0.25) is 0 Å². The molecule has 0 spiro atoms. The highest BCUT2D eigenvalue weighted by molar-refractivity contribution is 7.98. The Labute approximate surface area is 227 Å². The van der Waals surface area contributed by atoms with Crippen molar-refractivity contribution in [2.45, 2.75) is 4.90 Å². The Kier molecular flexibility index (Phi) is 5.72. The van der Waals surface area contributed by atoms with Gasteiger partial charge in [0.25, 0.3) is 0 Å². The number of hydrogen-bond acceptors (Lipinski definition) is 1. The van der Waals surface area contributed by atoms with Gasteiger partial charge < -0.3 is 0 Å². The maximum Gasteiger partial charge on any atom is 0.0148 e. The van der Waals surface area contributed by atoms with E-state index in [1.807, 2.05) is 0 Å². The average Bonchev–Trinajstić information content (AvgIpc) is 2.99. The van der Waals surface area contributed by atoms with E-state index in [0.717, 1.165) is 0 Å². The normalized spacial score (nSPS) is 11.4. The highest BCUT2D eigenvalue weighted by atomic mass is 32.2. The quantitative estimate of drug-likeness (QED) is 0.170. The lowest BCUT2D eigenvalue weighted by molar-refractivity contribution is 1.45. The first-order chi connectivity index (χ1) is 18.8. The molecule has 0 aliphatic heterocycles. The van der Waals surface area contributed by atoms with Crippen LogP contribution in [0.5, 0.6) is 0 Å². The van der Waals surface area contributed by atoms with E-state index >= 15 is 0 Å². The zero-order valence-corrected chi connectivity index (χ0v) is 22.0. The van der Waals surface area contributed by atoms with Gasteiger partial charge in [-0.1, -0.05) is 121 Å². The topological polar surface area (TPSA) is 0 Å². The average molecular weight is 503 g/mol. The van der Waals surface area contributed by atoms with Gasteiger partial charge in [-0.15, -0.1) is 11.8 Å². The van der Waals surface area contributed by atoms with E-state index in [4.69, 9.17) is 0 Å². The molecule has 7 aromatic carbocycles. The summed E-state index contributed by atoms with van der Waals surface area (Å²) in [6.45, 7) is 0. The van der Waals surface area contributed by atoms with Crippen LogP contribution >= 0.6 is 11.8 Å². The molecule has 0 aromatic heterocycles. The molecule has 0 atom stereocenters. The van der Waals surface area contributed by atoms with Crippen molar-refractivity contribution in [3.05, 3.63) is 140 Å². The van der Waals surface area contributed by atoms with Crippen LogP contribution in [0.3, 0.4) is 0 Å². The monoisotopic (exact) mass is 502 g/mol.